The average Bonchev–Trinajstić information content (AvgIpc) is 2.48. The molecule has 1 atom stereocenters. The average molecular weight is 288 g/mol. The highest BCUT2D eigenvalue weighted by Crippen LogP contribution is 2.19. The third-order valence-electron chi connectivity index (χ3n) is 3.37. The van der Waals surface area contributed by atoms with Gasteiger partial charge in [0.05, 0.1) is 5.52 Å². The number of rotatable bonds is 8. The molecule has 0 fully saturated rings. The Morgan fingerprint density at radius 3 is 2.85 bits per heavy atom. The SMILES string of the molecule is CCCSCC(Cc1ccnc2ccccc12)NCC. The summed E-state index contributed by atoms with van der Waals surface area (Å²) < 4.78 is 0. The predicted octanol–water partition coefficient (Wildman–Crippen LogP) is 3.90. The maximum Gasteiger partial charge on any atom is 0.0704 e. The van der Waals surface area contributed by atoms with E-state index < -0.39 is 0 Å². The van der Waals surface area contributed by atoms with Crippen molar-refractivity contribution in [3.8, 4) is 0 Å². The number of fused-ring (bicyclic) bond motifs is 1. The summed E-state index contributed by atoms with van der Waals surface area (Å²) in [5, 5.41) is 4.90. The topological polar surface area (TPSA) is 24.9 Å². The molecule has 2 nitrogen and oxygen atoms in total. The summed E-state index contributed by atoms with van der Waals surface area (Å²) in [5.74, 6) is 2.43. The highest BCUT2D eigenvalue weighted by molar-refractivity contribution is 7.99. The Morgan fingerprint density at radius 1 is 1.20 bits per heavy atom. The zero-order valence-electron chi connectivity index (χ0n) is 12.4. The van der Waals surface area contributed by atoms with Gasteiger partial charge in [-0.3, -0.25) is 4.98 Å². The van der Waals surface area contributed by atoms with E-state index in [0.29, 0.717) is 6.04 Å². The molecule has 0 aliphatic heterocycles. The van der Waals surface area contributed by atoms with E-state index in [0.717, 1.165) is 18.5 Å². The van der Waals surface area contributed by atoms with Crippen LogP contribution in [0.1, 0.15) is 25.8 Å². The summed E-state index contributed by atoms with van der Waals surface area (Å²) >= 11 is 2.05. The van der Waals surface area contributed by atoms with Gasteiger partial charge in [-0.15, -0.1) is 0 Å². The molecule has 0 spiro atoms. The van der Waals surface area contributed by atoms with Gasteiger partial charge in [0.15, 0.2) is 0 Å². The summed E-state index contributed by atoms with van der Waals surface area (Å²) in [4.78, 5) is 4.44. The zero-order valence-corrected chi connectivity index (χ0v) is 13.2. The second-order valence-corrected chi connectivity index (χ2v) is 6.17. The fourth-order valence-corrected chi connectivity index (χ4v) is 3.42. The van der Waals surface area contributed by atoms with Crippen molar-refractivity contribution >= 4 is 22.7 Å². The molecule has 2 rings (SSSR count). The molecule has 1 N–H and O–H groups in total. The molecule has 0 amide bonds. The largest absolute Gasteiger partial charge is 0.313 e. The molecule has 0 aliphatic rings. The van der Waals surface area contributed by atoms with E-state index in [2.05, 4.69) is 54.5 Å². The lowest BCUT2D eigenvalue weighted by molar-refractivity contribution is 0.574. The molecule has 20 heavy (non-hydrogen) atoms. The van der Waals surface area contributed by atoms with Crippen LogP contribution in [-0.2, 0) is 6.42 Å². The second-order valence-electron chi connectivity index (χ2n) is 5.02. The minimum Gasteiger partial charge on any atom is -0.313 e. The quantitative estimate of drug-likeness (QED) is 0.746. The molecule has 0 radical (unpaired) electrons. The summed E-state index contributed by atoms with van der Waals surface area (Å²) in [6, 6.07) is 11.1. The molecule has 3 heteroatoms. The van der Waals surface area contributed by atoms with Crippen LogP contribution in [0.3, 0.4) is 0 Å². The van der Waals surface area contributed by atoms with E-state index in [-0.39, 0.29) is 0 Å². The Hall–Kier alpha value is -1.06. The smallest absolute Gasteiger partial charge is 0.0704 e. The van der Waals surface area contributed by atoms with E-state index in [4.69, 9.17) is 0 Å². The summed E-state index contributed by atoms with van der Waals surface area (Å²) in [6.45, 7) is 5.45. The second kappa shape index (κ2) is 8.28. The number of nitrogens with zero attached hydrogens (tertiary/aromatic N) is 1. The van der Waals surface area contributed by atoms with Crippen molar-refractivity contribution in [3.63, 3.8) is 0 Å². The van der Waals surface area contributed by atoms with Crippen LogP contribution in [0.15, 0.2) is 36.5 Å². The normalized spacial score (nSPS) is 12.7. The Balaban J connectivity index is 2.11. The number of hydrogen-bond acceptors (Lipinski definition) is 3. The fraction of sp³-hybridized carbons (Fsp3) is 0.471. The number of thioether (sulfide) groups is 1. The maximum absolute atomic E-state index is 4.44. The van der Waals surface area contributed by atoms with E-state index in [9.17, 15) is 0 Å². The van der Waals surface area contributed by atoms with Gasteiger partial charge in [-0.1, -0.05) is 32.0 Å². The van der Waals surface area contributed by atoms with Crippen molar-refractivity contribution in [2.45, 2.75) is 32.7 Å². The van der Waals surface area contributed by atoms with Crippen LogP contribution in [0.4, 0.5) is 0 Å². The molecule has 1 aromatic heterocycles. The van der Waals surface area contributed by atoms with Crippen LogP contribution in [-0.4, -0.2) is 29.1 Å². The van der Waals surface area contributed by atoms with Crippen LogP contribution < -0.4 is 5.32 Å². The van der Waals surface area contributed by atoms with Gasteiger partial charge in [-0.25, -0.2) is 0 Å². The molecular weight excluding hydrogens is 264 g/mol. The van der Waals surface area contributed by atoms with Crippen LogP contribution >= 0.6 is 11.8 Å². The molecule has 108 valence electrons. The van der Waals surface area contributed by atoms with Gasteiger partial charge in [0.2, 0.25) is 0 Å². The third-order valence-corrected chi connectivity index (χ3v) is 4.70. The zero-order chi connectivity index (χ0) is 14.2. The molecule has 0 saturated heterocycles. The Kier molecular flexibility index (Phi) is 6.34. The van der Waals surface area contributed by atoms with Gasteiger partial charge in [0.25, 0.3) is 0 Å². The van der Waals surface area contributed by atoms with E-state index in [1.807, 2.05) is 18.0 Å². The van der Waals surface area contributed by atoms with Crippen LogP contribution in [0, 0.1) is 0 Å². The van der Waals surface area contributed by atoms with Crippen LogP contribution in [0.5, 0.6) is 0 Å². The van der Waals surface area contributed by atoms with Crippen molar-refractivity contribution in [2.75, 3.05) is 18.1 Å². The first-order valence-electron chi connectivity index (χ1n) is 7.49. The Labute approximate surface area is 126 Å². The number of nitrogens with one attached hydrogen (secondary N) is 1. The lowest BCUT2D eigenvalue weighted by atomic mass is 10.0. The maximum atomic E-state index is 4.44. The summed E-state index contributed by atoms with van der Waals surface area (Å²) in [6.07, 6.45) is 4.26. The summed E-state index contributed by atoms with van der Waals surface area (Å²) in [5.41, 5.74) is 2.50. The first-order valence-corrected chi connectivity index (χ1v) is 8.64. The van der Waals surface area contributed by atoms with Gasteiger partial charge in [0, 0.05) is 23.4 Å². The highest BCUT2D eigenvalue weighted by Gasteiger charge is 2.10. The molecule has 1 unspecified atom stereocenters. The number of para-hydroxylation sites is 1. The molecule has 2 aromatic rings. The van der Waals surface area contributed by atoms with E-state index in [1.165, 1.54) is 28.9 Å². The lowest BCUT2D eigenvalue weighted by Gasteiger charge is -2.18. The van der Waals surface area contributed by atoms with Crippen molar-refractivity contribution in [1.82, 2.24) is 10.3 Å². The molecule has 1 heterocycles. The van der Waals surface area contributed by atoms with Gasteiger partial charge < -0.3 is 5.32 Å². The number of benzene rings is 1. The highest BCUT2D eigenvalue weighted by atomic mass is 32.2. The van der Waals surface area contributed by atoms with Crippen molar-refractivity contribution in [3.05, 3.63) is 42.1 Å². The lowest BCUT2D eigenvalue weighted by Crippen LogP contribution is -2.33. The molecule has 1 aromatic carbocycles. The van der Waals surface area contributed by atoms with Gasteiger partial charge in [0.1, 0.15) is 0 Å². The van der Waals surface area contributed by atoms with Crippen LogP contribution in [0.25, 0.3) is 10.9 Å². The number of likely N-dealkylation sites (N-methyl/N-ethyl adjacent to an activating group) is 1. The fourth-order valence-electron chi connectivity index (χ4n) is 2.45. The van der Waals surface area contributed by atoms with Crippen molar-refractivity contribution in [2.24, 2.45) is 0 Å². The molecular formula is C17H24N2S. The van der Waals surface area contributed by atoms with Crippen LogP contribution in [0.2, 0.25) is 0 Å². The van der Waals surface area contributed by atoms with Gasteiger partial charge in [-0.05, 0) is 42.8 Å². The molecule has 0 aliphatic carbocycles. The molecule has 0 bridgehead atoms. The Bertz CT molecular complexity index is 522. The standard InChI is InChI=1S/C17H24N2S/c1-3-11-20-13-15(18-4-2)12-14-9-10-19-17-8-6-5-7-16(14)17/h5-10,15,18H,3-4,11-13H2,1-2H3. The number of pyridine rings is 1. The predicted molar refractivity (Wildman–Crippen MR) is 90.5 cm³/mol. The first-order chi connectivity index (χ1) is 9.85. The molecule has 0 saturated carbocycles. The number of aromatic nitrogens is 1. The van der Waals surface area contributed by atoms with Crippen molar-refractivity contribution < 1.29 is 0 Å². The monoisotopic (exact) mass is 288 g/mol. The van der Waals surface area contributed by atoms with Gasteiger partial charge >= 0.3 is 0 Å². The third kappa shape index (κ3) is 4.22. The minimum absolute atomic E-state index is 0.544. The van der Waals surface area contributed by atoms with E-state index >= 15 is 0 Å². The number of hydrogen-bond donors (Lipinski definition) is 1. The van der Waals surface area contributed by atoms with E-state index in [1.54, 1.807) is 0 Å². The Morgan fingerprint density at radius 2 is 2.05 bits per heavy atom. The summed E-state index contributed by atoms with van der Waals surface area (Å²) in [7, 11) is 0. The van der Waals surface area contributed by atoms with Crippen molar-refractivity contribution in [1.29, 1.82) is 0 Å². The minimum atomic E-state index is 0.544. The van der Waals surface area contributed by atoms with Gasteiger partial charge in [-0.2, -0.15) is 11.8 Å². The first kappa shape index (κ1) is 15.3.